The molecular weight excluding hydrogens is 309 g/mol. The standard InChI is InChI=1S/C18H18FN3O2/c19-15-6-5-14(21-7-1-2-8-21)10-16(15)20-18(24)12-9-17(23)22(11-12)13-3-4-13/h1-2,5-8,10,12-13H,3-4,9,11H2,(H,20,24). The third-order valence-electron chi connectivity index (χ3n) is 4.63. The summed E-state index contributed by atoms with van der Waals surface area (Å²) in [5.41, 5.74) is 0.905. The Kier molecular flexibility index (Phi) is 3.59. The second-order valence-electron chi connectivity index (χ2n) is 6.42. The molecule has 1 saturated heterocycles. The van der Waals surface area contributed by atoms with Crippen molar-refractivity contribution in [3.63, 3.8) is 0 Å². The van der Waals surface area contributed by atoms with Crippen LogP contribution in [0.3, 0.4) is 0 Å². The molecule has 1 aromatic heterocycles. The smallest absolute Gasteiger partial charge is 0.229 e. The Labute approximate surface area is 139 Å². The van der Waals surface area contributed by atoms with Gasteiger partial charge in [0.05, 0.1) is 11.6 Å². The van der Waals surface area contributed by atoms with Crippen LogP contribution in [0.2, 0.25) is 0 Å². The van der Waals surface area contributed by atoms with E-state index >= 15 is 0 Å². The molecule has 2 amide bonds. The van der Waals surface area contributed by atoms with Crippen molar-refractivity contribution in [2.24, 2.45) is 5.92 Å². The van der Waals surface area contributed by atoms with E-state index in [1.807, 2.05) is 29.1 Å². The Morgan fingerprint density at radius 1 is 1.21 bits per heavy atom. The number of amides is 2. The average Bonchev–Trinajstić information content (AvgIpc) is 3.10. The molecule has 24 heavy (non-hydrogen) atoms. The van der Waals surface area contributed by atoms with Crippen molar-refractivity contribution in [1.29, 1.82) is 0 Å². The van der Waals surface area contributed by atoms with Crippen molar-refractivity contribution in [2.45, 2.75) is 25.3 Å². The maximum absolute atomic E-state index is 14.0. The number of halogens is 1. The second-order valence-corrected chi connectivity index (χ2v) is 6.42. The quantitative estimate of drug-likeness (QED) is 0.938. The molecule has 1 atom stereocenters. The zero-order valence-corrected chi connectivity index (χ0v) is 13.1. The van der Waals surface area contributed by atoms with Gasteiger partial charge in [0.25, 0.3) is 0 Å². The van der Waals surface area contributed by atoms with Crippen LogP contribution in [0.1, 0.15) is 19.3 Å². The maximum atomic E-state index is 14.0. The van der Waals surface area contributed by atoms with Gasteiger partial charge in [-0.3, -0.25) is 9.59 Å². The fourth-order valence-corrected chi connectivity index (χ4v) is 3.16. The lowest BCUT2D eigenvalue weighted by atomic mass is 10.1. The molecule has 2 aliphatic rings. The molecule has 2 aromatic rings. The van der Waals surface area contributed by atoms with E-state index in [-0.39, 0.29) is 23.9 Å². The van der Waals surface area contributed by atoms with E-state index in [9.17, 15) is 14.0 Å². The summed E-state index contributed by atoms with van der Waals surface area (Å²) < 4.78 is 15.9. The number of likely N-dealkylation sites (tertiary alicyclic amines) is 1. The fraction of sp³-hybridized carbons (Fsp3) is 0.333. The lowest BCUT2D eigenvalue weighted by Crippen LogP contribution is -2.30. The molecule has 4 rings (SSSR count). The van der Waals surface area contributed by atoms with Gasteiger partial charge in [0, 0.05) is 37.1 Å². The fourth-order valence-electron chi connectivity index (χ4n) is 3.16. The molecule has 1 aliphatic heterocycles. The van der Waals surface area contributed by atoms with Gasteiger partial charge >= 0.3 is 0 Å². The SMILES string of the molecule is O=C(Nc1cc(-n2cccc2)ccc1F)C1CC(=O)N(C2CC2)C1. The zero-order chi connectivity index (χ0) is 16.7. The van der Waals surface area contributed by atoms with Crippen LogP contribution in [0.25, 0.3) is 5.69 Å². The van der Waals surface area contributed by atoms with Crippen molar-refractivity contribution < 1.29 is 14.0 Å². The molecule has 6 heteroatoms. The van der Waals surface area contributed by atoms with E-state index in [4.69, 9.17) is 0 Å². The van der Waals surface area contributed by atoms with Gasteiger partial charge in [-0.1, -0.05) is 0 Å². The van der Waals surface area contributed by atoms with E-state index < -0.39 is 11.7 Å². The molecule has 0 bridgehead atoms. The van der Waals surface area contributed by atoms with Crippen LogP contribution in [0.15, 0.2) is 42.7 Å². The van der Waals surface area contributed by atoms with Crippen LogP contribution < -0.4 is 5.32 Å². The number of aromatic nitrogens is 1. The number of nitrogens with zero attached hydrogens (tertiary/aromatic N) is 2. The first-order valence-electron chi connectivity index (χ1n) is 8.15. The molecule has 2 heterocycles. The van der Waals surface area contributed by atoms with Gasteiger partial charge < -0.3 is 14.8 Å². The van der Waals surface area contributed by atoms with Gasteiger partial charge in [-0.25, -0.2) is 4.39 Å². The number of carbonyl (C=O) groups excluding carboxylic acids is 2. The Bertz CT molecular complexity index is 784. The number of hydrogen-bond donors (Lipinski definition) is 1. The van der Waals surface area contributed by atoms with Crippen LogP contribution in [0, 0.1) is 11.7 Å². The molecule has 0 radical (unpaired) electrons. The monoisotopic (exact) mass is 327 g/mol. The van der Waals surface area contributed by atoms with E-state index in [2.05, 4.69) is 5.32 Å². The van der Waals surface area contributed by atoms with Gasteiger partial charge in [0.1, 0.15) is 5.82 Å². The largest absolute Gasteiger partial charge is 0.339 e. The summed E-state index contributed by atoms with van der Waals surface area (Å²) in [5, 5.41) is 2.65. The predicted molar refractivity (Wildman–Crippen MR) is 87.2 cm³/mol. The molecule has 2 fully saturated rings. The topological polar surface area (TPSA) is 54.3 Å². The summed E-state index contributed by atoms with van der Waals surface area (Å²) in [4.78, 5) is 26.2. The van der Waals surface area contributed by atoms with E-state index in [0.717, 1.165) is 18.5 Å². The third-order valence-corrected chi connectivity index (χ3v) is 4.63. The molecule has 124 valence electrons. The van der Waals surface area contributed by atoms with Crippen LogP contribution >= 0.6 is 0 Å². The number of anilines is 1. The van der Waals surface area contributed by atoms with Crippen LogP contribution in [0.4, 0.5) is 10.1 Å². The summed E-state index contributed by atoms with van der Waals surface area (Å²) in [6, 6.07) is 8.64. The van der Waals surface area contributed by atoms with E-state index in [1.165, 1.54) is 6.07 Å². The van der Waals surface area contributed by atoms with Crippen molar-refractivity contribution >= 4 is 17.5 Å². The molecular formula is C18H18FN3O2. The van der Waals surface area contributed by atoms with E-state index in [0.29, 0.717) is 12.6 Å². The number of hydrogen-bond acceptors (Lipinski definition) is 2. The Balaban J connectivity index is 1.49. The highest BCUT2D eigenvalue weighted by Gasteiger charge is 2.41. The highest BCUT2D eigenvalue weighted by molar-refractivity contribution is 5.97. The minimum Gasteiger partial charge on any atom is -0.339 e. The van der Waals surface area contributed by atoms with Crippen molar-refractivity contribution in [2.75, 3.05) is 11.9 Å². The summed E-state index contributed by atoms with van der Waals surface area (Å²) in [7, 11) is 0. The minimum atomic E-state index is -0.484. The summed E-state index contributed by atoms with van der Waals surface area (Å²) in [6.45, 7) is 0.439. The molecule has 0 spiro atoms. The second kappa shape index (κ2) is 5.78. The molecule has 1 unspecified atom stereocenters. The first-order chi connectivity index (χ1) is 11.6. The van der Waals surface area contributed by atoms with Crippen molar-refractivity contribution in [3.8, 4) is 5.69 Å². The lowest BCUT2D eigenvalue weighted by molar-refractivity contribution is -0.128. The first-order valence-corrected chi connectivity index (χ1v) is 8.15. The summed E-state index contributed by atoms with van der Waals surface area (Å²) in [5.74, 6) is -1.16. The van der Waals surface area contributed by atoms with Crippen molar-refractivity contribution in [1.82, 2.24) is 9.47 Å². The third kappa shape index (κ3) is 2.79. The predicted octanol–water partition coefficient (Wildman–Crippen LogP) is 2.57. The maximum Gasteiger partial charge on any atom is 0.229 e. The normalized spacial score (nSPS) is 20.5. The number of nitrogens with one attached hydrogen (secondary N) is 1. The highest BCUT2D eigenvalue weighted by Crippen LogP contribution is 2.33. The Morgan fingerprint density at radius 3 is 2.67 bits per heavy atom. The molecule has 1 N–H and O–H groups in total. The number of benzene rings is 1. The zero-order valence-electron chi connectivity index (χ0n) is 13.1. The van der Waals surface area contributed by atoms with Gasteiger partial charge in [-0.15, -0.1) is 0 Å². The van der Waals surface area contributed by atoms with E-state index in [1.54, 1.807) is 17.0 Å². The molecule has 1 saturated carbocycles. The minimum absolute atomic E-state index is 0.0270. The van der Waals surface area contributed by atoms with Gasteiger partial charge in [-0.2, -0.15) is 0 Å². The van der Waals surface area contributed by atoms with Gasteiger partial charge in [0.2, 0.25) is 11.8 Å². The molecule has 1 aliphatic carbocycles. The highest BCUT2D eigenvalue weighted by atomic mass is 19.1. The summed E-state index contributed by atoms with van der Waals surface area (Å²) in [6.07, 6.45) is 5.95. The van der Waals surface area contributed by atoms with Crippen molar-refractivity contribution in [3.05, 3.63) is 48.5 Å². The molecule has 5 nitrogen and oxygen atoms in total. The first kappa shape index (κ1) is 14.9. The molecule has 1 aromatic carbocycles. The van der Waals surface area contributed by atoms with Gasteiger partial charge in [0.15, 0.2) is 0 Å². The summed E-state index contributed by atoms with van der Waals surface area (Å²) >= 11 is 0. The van der Waals surface area contributed by atoms with Gasteiger partial charge in [-0.05, 0) is 43.2 Å². The Hall–Kier alpha value is -2.63. The lowest BCUT2D eigenvalue weighted by Gasteiger charge is -2.15. The van der Waals surface area contributed by atoms with Crippen LogP contribution in [-0.2, 0) is 9.59 Å². The Morgan fingerprint density at radius 2 is 1.96 bits per heavy atom. The number of rotatable bonds is 4. The van der Waals surface area contributed by atoms with Crippen LogP contribution in [-0.4, -0.2) is 33.9 Å². The van der Waals surface area contributed by atoms with Crippen LogP contribution in [0.5, 0.6) is 0 Å². The number of carbonyl (C=O) groups is 2. The average molecular weight is 327 g/mol.